The fourth-order valence-corrected chi connectivity index (χ4v) is 2.01. The van der Waals surface area contributed by atoms with Crippen LogP contribution in [-0.2, 0) is 6.54 Å². The van der Waals surface area contributed by atoms with E-state index in [1.807, 2.05) is 0 Å². The van der Waals surface area contributed by atoms with Gasteiger partial charge in [0.25, 0.3) is 0 Å². The van der Waals surface area contributed by atoms with Crippen molar-refractivity contribution in [3.63, 3.8) is 0 Å². The van der Waals surface area contributed by atoms with E-state index in [1.54, 1.807) is 12.1 Å². The Bertz CT molecular complexity index is 522. The highest BCUT2D eigenvalue weighted by atomic mass is 35.5. The maximum absolute atomic E-state index is 12.3. The zero-order valence-corrected chi connectivity index (χ0v) is 10.9. The van der Waals surface area contributed by atoms with Crippen LogP contribution in [0, 0.1) is 5.92 Å². The quantitative estimate of drug-likeness (QED) is 0.804. The Hall–Kier alpha value is -1.63. The monoisotopic (exact) mass is 308 g/mol. The first kappa shape index (κ1) is 14.8. The molecular weight excluding hydrogens is 297 g/mol. The second-order valence-corrected chi connectivity index (χ2v) is 4.97. The maximum Gasteiger partial charge on any atom is 0.393 e. The van der Waals surface area contributed by atoms with Crippen LogP contribution in [0.1, 0.15) is 12.0 Å². The van der Waals surface area contributed by atoms with Crippen LogP contribution in [0.3, 0.4) is 0 Å². The van der Waals surface area contributed by atoms with Gasteiger partial charge in [-0.2, -0.15) is 13.2 Å². The van der Waals surface area contributed by atoms with Gasteiger partial charge in [0.05, 0.1) is 10.9 Å². The number of hydrogen-bond acceptors (Lipinski definition) is 2. The number of halogens is 4. The van der Waals surface area contributed by atoms with Gasteiger partial charge in [0.1, 0.15) is 5.75 Å². The second-order valence-electron chi connectivity index (χ2n) is 4.56. The number of phenols is 1. The van der Waals surface area contributed by atoms with E-state index < -0.39 is 24.2 Å². The molecule has 0 heterocycles. The van der Waals surface area contributed by atoms with Gasteiger partial charge < -0.3 is 15.7 Å². The molecule has 1 aliphatic carbocycles. The minimum Gasteiger partial charge on any atom is -0.506 e. The molecular formula is C12H12ClF3N2O2. The molecule has 0 radical (unpaired) electrons. The Kier molecular flexibility index (Phi) is 3.99. The molecule has 2 amide bonds. The zero-order valence-electron chi connectivity index (χ0n) is 10.2. The van der Waals surface area contributed by atoms with Crippen molar-refractivity contribution in [2.75, 3.05) is 0 Å². The van der Waals surface area contributed by atoms with Crippen LogP contribution in [0.15, 0.2) is 18.2 Å². The third-order valence-corrected chi connectivity index (χ3v) is 3.34. The molecule has 1 aromatic rings. The molecule has 1 aromatic carbocycles. The molecule has 0 aromatic heterocycles. The van der Waals surface area contributed by atoms with E-state index in [1.165, 1.54) is 6.07 Å². The number of para-hydroxylation sites is 1. The van der Waals surface area contributed by atoms with E-state index in [-0.39, 0.29) is 23.7 Å². The van der Waals surface area contributed by atoms with Gasteiger partial charge in [-0.05, 0) is 12.5 Å². The molecule has 0 spiro atoms. The summed E-state index contributed by atoms with van der Waals surface area (Å²) in [6.45, 7) is -0.0262. The summed E-state index contributed by atoms with van der Waals surface area (Å²) < 4.78 is 36.8. The number of alkyl halides is 3. The summed E-state index contributed by atoms with van der Waals surface area (Å²) in [5.74, 6) is -1.62. The molecule has 2 rings (SSSR count). The number of benzene rings is 1. The lowest BCUT2D eigenvalue weighted by atomic mass is 10.2. The Balaban J connectivity index is 1.81. The number of amides is 2. The molecule has 0 aliphatic heterocycles. The summed E-state index contributed by atoms with van der Waals surface area (Å²) >= 11 is 5.69. The minimum atomic E-state index is -4.27. The average molecular weight is 309 g/mol. The van der Waals surface area contributed by atoms with Crippen LogP contribution in [0.5, 0.6) is 5.75 Å². The number of carbonyl (C=O) groups is 1. The van der Waals surface area contributed by atoms with E-state index in [4.69, 9.17) is 11.6 Å². The van der Waals surface area contributed by atoms with Crippen LogP contribution < -0.4 is 10.6 Å². The topological polar surface area (TPSA) is 61.4 Å². The van der Waals surface area contributed by atoms with E-state index in [0.717, 1.165) is 0 Å². The minimum absolute atomic E-state index is 0.0262. The maximum atomic E-state index is 12.3. The van der Waals surface area contributed by atoms with Crippen molar-refractivity contribution in [2.24, 2.45) is 5.92 Å². The Morgan fingerprint density at radius 2 is 2.15 bits per heavy atom. The summed E-state index contributed by atoms with van der Waals surface area (Å²) in [6.07, 6.45) is -4.37. The van der Waals surface area contributed by atoms with Gasteiger partial charge in [0.2, 0.25) is 0 Å². The lowest BCUT2D eigenvalue weighted by Gasteiger charge is -2.10. The van der Waals surface area contributed by atoms with Gasteiger partial charge in [-0.15, -0.1) is 0 Å². The van der Waals surface area contributed by atoms with Gasteiger partial charge in [-0.3, -0.25) is 0 Å². The van der Waals surface area contributed by atoms with Gasteiger partial charge in [0, 0.05) is 18.2 Å². The summed E-state index contributed by atoms with van der Waals surface area (Å²) in [7, 11) is 0. The molecule has 1 aliphatic rings. The Morgan fingerprint density at radius 1 is 1.45 bits per heavy atom. The molecule has 110 valence electrons. The first-order valence-corrected chi connectivity index (χ1v) is 6.24. The Morgan fingerprint density at radius 3 is 2.75 bits per heavy atom. The van der Waals surface area contributed by atoms with Crippen molar-refractivity contribution in [3.8, 4) is 5.75 Å². The number of aromatic hydroxyl groups is 1. The van der Waals surface area contributed by atoms with Gasteiger partial charge in [0.15, 0.2) is 0 Å². The molecule has 3 N–H and O–H groups in total. The van der Waals surface area contributed by atoms with Crippen molar-refractivity contribution in [1.82, 2.24) is 10.6 Å². The van der Waals surface area contributed by atoms with Crippen molar-refractivity contribution in [1.29, 1.82) is 0 Å². The molecule has 0 bridgehead atoms. The van der Waals surface area contributed by atoms with Crippen LogP contribution in [0.4, 0.5) is 18.0 Å². The van der Waals surface area contributed by atoms with Crippen LogP contribution in [0.25, 0.3) is 0 Å². The summed E-state index contributed by atoms with van der Waals surface area (Å²) in [4.78, 5) is 11.4. The first-order valence-electron chi connectivity index (χ1n) is 5.86. The largest absolute Gasteiger partial charge is 0.506 e. The Labute approximate surface area is 117 Å². The molecule has 0 saturated heterocycles. The number of phenolic OH excluding ortho intramolecular Hbond substituents is 1. The summed E-state index contributed by atoms with van der Waals surface area (Å²) in [5.41, 5.74) is 0.385. The molecule has 4 nitrogen and oxygen atoms in total. The van der Waals surface area contributed by atoms with E-state index in [2.05, 4.69) is 10.6 Å². The zero-order chi connectivity index (χ0) is 14.9. The fourth-order valence-electron chi connectivity index (χ4n) is 1.81. The van der Waals surface area contributed by atoms with Crippen molar-refractivity contribution < 1.29 is 23.1 Å². The third-order valence-electron chi connectivity index (χ3n) is 3.04. The molecule has 2 atom stereocenters. The van der Waals surface area contributed by atoms with Crippen molar-refractivity contribution in [2.45, 2.75) is 25.2 Å². The summed E-state index contributed by atoms with van der Waals surface area (Å²) in [5, 5.41) is 14.3. The van der Waals surface area contributed by atoms with Crippen molar-refractivity contribution in [3.05, 3.63) is 28.8 Å². The predicted molar refractivity (Wildman–Crippen MR) is 66.4 cm³/mol. The van der Waals surface area contributed by atoms with Gasteiger partial charge >= 0.3 is 12.2 Å². The van der Waals surface area contributed by atoms with Crippen LogP contribution >= 0.6 is 11.6 Å². The molecule has 1 fully saturated rings. The summed E-state index contributed by atoms with van der Waals surface area (Å²) in [6, 6.07) is 3.05. The standard InChI is InChI=1S/C12H12ClF3N2O2/c13-8-3-1-2-6(10(8)19)5-17-11(20)18-9-4-7(9)12(14,15)16/h1-3,7,9,19H,4-5H2,(H2,17,18,20)/t7-,9-/m1/s1. The van der Waals surface area contributed by atoms with Crippen molar-refractivity contribution >= 4 is 17.6 Å². The number of carbonyl (C=O) groups excluding carboxylic acids is 1. The molecule has 0 unspecified atom stereocenters. The highest BCUT2D eigenvalue weighted by Gasteiger charge is 2.56. The normalized spacial score (nSPS) is 21.4. The molecule has 20 heavy (non-hydrogen) atoms. The SMILES string of the molecule is O=C(NCc1cccc(Cl)c1O)N[C@@H]1C[C@H]1C(F)(F)F. The van der Waals surface area contributed by atoms with E-state index >= 15 is 0 Å². The van der Waals surface area contributed by atoms with Gasteiger partial charge in [-0.25, -0.2) is 4.79 Å². The van der Waals surface area contributed by atoms with Gasteiger partial charge in [-0.1, -0.05) is 23.7 Å². The molecule has 1 saturated carbocycles. The smallest absolute Gasteiger partial charge is 0.393 e. The van der Waals surface area contributed by atoms with Crippen LogP contribution in [0.2, 0.25) is 5.02 Å². The highest BCUT2D eigenvalue weighted by molar-refractivity contribution is 6.32. The second kappa shape index (κ2) is 5.40. The number of hydrogen-bond donors (Lipinski definition) is 3. The third kappa shape index (κ3) is 3.47. The average Bonchev–Trinajstić information content (AvgIpc) is 3.10. The number of urea groups is 1. The van der Waals surface area contributed by atoms with E-state index in [9.17, 15) is 23.1 Å². The molecule has 8 heteroatoms. The van der Waals surface area contributed by atoms with E-state index in [0.29, 0.717) is 5.56 Å². The highest BCUT2D eigenvalue weighted by Crippen LogP contribution is 2.44. The fraction of sp³-hybridized carbons (Fsp3) is 0.417. The lowest BCUT2D eigenvalue weighted by molar-refractivity contribution is -0.148. The lowest BCUT2D eigenvalue weighted by Crippen LogP contribution is -2.38. The predicted octanol–water partition coefficient (Wildman–Crippen LogP) is 2.80. The number of nitrogens with one attached hydrogen (secondary N) is 2. The van der Waals surface area contributed by atoms with Crippen LogP contribution in [-0.4, -0.2) is 23.4 Å². The number of rotatable bonds is 3. The first-order chi connectivity index (χ1) is 9.29.